The quantitative estimate of drug-likeness (QED) is 0.769. The van der Waals surface area contributed by atoms with Gasteiger partial charge in [0.05, 0.1) is 29.2 Å². The summed E-state index contributed by atoms with van der Waals surface area (Å²) in [5, 5.41) is 19.8. The molecule has 1 aromatic heterocycles. The number of aromatic nitrogens is 2. The summed E-state index contributed by atoms with van der Waals surface area (Å²) >= 11 is 0. The molecule has 0 bridgehead atoms. The number of halogens is 3. The molecular formula is C17H15F3N2O2. The van der Waals surface area contributed by atoms with E-state index < -0.39 is 17.8 Å². The Hall–Kier alpha value is -2.38. The minimum absolute atomic E-state index is 0.00226. The number of benzene rings is 2. The average Bonchev–Trinajstić information content (AvgIpc) is 2.92. The van der Waals surface area contributed by atoms with Crippen molar-refractivity contribution in [3.8, 4) is 0 Å². The number of alkyl halides is 3. The molecule has 0 saturated carbocycles. The minimum atomic E-state index is -4.46. The van der Waals surface area contributed by atoms with Gasteiger partial charge in [-0.3, -0.25) is 0 Å². The van der Waals surface area contributed by atoms with Crippen LogP contribution in [0.4, 0.5) is 13.2 Å². The van der Waals surface area contributed by atoms with Gasteiger partial charge in [0.15, 0.2) is 0 Å². The molecule has 0 saturated heterocycles. The van der Waals surface area contributed by atoms with Gasteiger partial charge >= 0.3 is 6.18 Å². The van der Waals surface area contributed by atoms with Crippen molar-refractivity contribution in [3.63, 3.8) is 0 Å². The Morgan fingerprint density at radius 2 is 1.83 bits per heavy atom. The minimum Gasteiger partial charge on any atom is -0.388 e. The van der Waals surface area contributed by atoms with Crippen LogP contribution in [-0.2, 0) is 19.3 Å². The Bertz CT molecular complexity index is 858. The van der Waals surface area contributed by atoms with Crippen LogP contribution < -0.4 is 0 Å². The Labute approximate surface area is 135 Å². The Morgan fingerprint density at radius 1 is 1.08 bits per heavy atom. The SMILES string of the molecule is OCc1nc2ccccc2n1CC(O)c1cccc(C(F)(F)F)c1. The number of rotatable bonds is 4. The fourth-order valence-electron chi connectivity index (χ4n) is 2.65. The van der Waals surface area contributed by atoms with Crippen molar-refractivity contribution in [2.75, 3.05) is 0 Å². The van der Waals surface area contributed by atoms with E-state index in [-0.39, 0.29) is 18.7 Å². The number of nitrogens with zero attached hydrogens (tertiary/aromatic N) is 2. The van der Waals surface area contributed by atoms with E-state index in [2.05, 4.69) is 4.98 Å². The third-order valence-corrected chi connectivity index (χ3v) is 3.83. The molecule has 0 aliphatic rings. The normalized spacial score (nSPS) is 13.4. The van der Waals surface area contributed by atoms with Crippen LogP contribution in [0, 0.1) is 0 Å². The van der Waals surface area contributed by atoms with Crippen LogP contribution in [0.1, 0.15) is 23.1 Å². The second kappa shape index (κ2) is 6.26. The standard InChI is InChI=1S/C17H15F3N2O2/c18-17(19,20)12-5-3-4-11(8-12)15(24)9-22-14-7-2-1-6-13(14)21-16(22)10-23/h1-8,15,23-24H,9-10H2. The molecule has 2 aromatic carbocycles. The zero-order chi connectivity index (χ0) is 17.3. The zero-order valence-electron chi connectivity index (χ0n) is 12.5. The Balaban J connectivity index is 1.94. The predicted octanol–water partition coefficient (Wildman–Crippen LogP) is 3.28. The highest BCUT2D eigenvalue weighted by Crippen LogP contribution is 2.31. The molecule has 24 heavy (non-hydrogen) atoms. The molecule has 0 spiro atoms. The van der Waals surface area contributed by atoms with Gasteiger partial charge in [-0.1, -0.05) is 24.3 Å². The summed E-state index contributed by atoms with van der Waals surface area (Å²) in [6.45, 7) is -0.332. The molecule has 1 unspecified atom stereocenters. The monoisotopic (exact) mass is 336 g/mol. The number of para-hydroxylation sites is 2. The smallest absolute Gasteiger partial charge is 0.388 e. The average molecular weight is 336 g/mol. The second-order valence-corrected chi connectivity index (χ2v) is 5.42. The van der Waals surface area contributed by atoms with Gasteiger partial charge in [0.25, 0.3) is 0 Å². The lowest BCUT2D eigenvalue weighted by Crippen LogP contribution is -2.13. The van der Waals surface area contributed by atoms with Crippen molar-refractivity contribution >= 4 is 11.0 Å². The van der Waals surface area contributed by atoms with Crippen LogP contribution in [0.2, 0.25) is 0 Å². The van der Waals surface area contributed by atoms with Crippen molar-refractivity contribution in [1.29, 1.82) is 0 Å². The van der Waals surface area contributed by atoms with Crippen LogP contribution in [0.5, 0.6) is 0 Å². The van der Waals surface area contributed by atoms with Crippen LogP contribution in [0.3, 0.4) is 0 Å². The number of imidazole rings is 1. The maximum atomic E-state index is 12.8. The van der Waals surface area contributed by atoms with Crippen molar-refractivity contribution in [2.24, 2.45) is 0 Å². The van der Waals surface area contributed by atoms with Gasteiger partial charge in [-0.2, -0.15) is 13.2 Å². The molecule has 7 heteroatoms. The summed E-state index contributed by atoms with van der Waals surface area (Å²) in [7, 11) is 0. The fraction of sp³-hybridized carbons (Fsp3) is 0.235. The molecule has 0 fully saturated rings. The molecular weight excluding hydrogens is 321 g/mol. The highest BCUT2D eigenvalue weighted by molar-refractivity contribution is 5.75. The van der Waals surface area contributed by atoms with E-state index in [9.17, 15) is 23.4 Å². The first kappa shape index (κ1) is 16.5. The summed E-state index contributed by atoms with van der Waals surface area (Å²) in [4.78, 5) is 4.26. The van der Waals surface area contributed by atoms with Gasteiger partial charge in [0.1, 0.15) is 12.4 Å². The summed E-state index contributed by atoms with van der Waals surface area (Å²) in [5.74, 6) is 0.349. The molecule has 0 aliphatic heterocycles. The molecule has 3 rings (SSSR count). The van der Waals surface area contributed by atoms with Gasteiger partial charge in [0, 0.05) is 0 Å². The van der Waals surface area contributed by atoms with E-state index in [1.54, 1.807) is 28.8 Å². The first-order valence-corrected chi connectivity index (χ1v) is 7.30. The van der Waals surface area contributed by atoms with E-state index in [0.29, 0.717) is 16.9 Å². The lowest BCUT2D eigenvalue weighted by molar-refractivity contribution is -0.137. The zero-order valence-corrected chi connectivity index (χ0v) is 12.5. The first-order valence-electron chi connectivity index (χ1n) is 7.30. The van der Waals surface area contributed by atoms with Gasteiger partial charge in [-0.25, -0.2) is 4.98 Å². The Morgan fingerprint density at radius 3 is 2.54 bits per heavy atom. The van der Waals surface area contributed by atoms with Crippen LogP contribution in [0.15, 0.2) is 48.5 Å². The largest absolute Gasteiger partial charge is 0.416 e. The molecule has 1 atom stereocenters. The highest BCUT2D eigenvalue weighted by Gasteiger charge is 2.31. The summed E-state index contributed by atoms with van der Waals surface area (Å²) in [5.41, 5.74) is 0.703. The van der Waals surface area contributed by atoms with E-state index >= 15 is 0 Å². The maximum absolute atomic E-state index is 12.8. The molecule has 1 heterocycles. The molecule has 126 valence electrons. The third-order valence-electron chi connectivity index (χ3n) is 3.83. The topological polar surface area (TPSA) is 58.3 Å². The summed E-state index contributed by atoms with van der Waals surface area (Å²) in [6, 6.07) is 11.7. The predicted molar refractivity (Wildman–Crippen MR) is 82.1 cm³/mol. The summed E-state index contributed by atoms with van der Waals surface area (Å²) in [6.07, 6.45) is -5.62. The number of hydrogen-bond acceptors (Lipinski definition) is 3. The molecule has 3 aromatic rings. The van der Waals surface area contributed by atoms with E-state index in [4.69, 9.17) is 0 Å². The van der Waals surface area contributed by atoms with Crippen molar-refractivity contribution < 1.29 is 23.4 Å². The van der Waals surface area contributed by atoms with Gasteiger partial charge in [0.2, 0.25) is 0 Å². The lowest BCUT2D eigenvalue weighted by atomic mass is 10.1. The van der Waals surface area contributed by atoms with Crippen molar-refractivity contribution in [2.45, 2.75) is 25.4 Å². The third kappa shape index (κ3) is 3.13. The molecule has 2 N–H and O–H groups in total. The van der Waals surface area contributed by atoms with Crippen LogP contribution in [0.25, 0.3) is 11.0 Å². The number of hydrogen-bond donors (Lipinski definition) is 2. The molecule has 4 nitrogen and oxygen atoms in total. The molecule has 0 aliphatic carbocycles. The highest BCUT2D eigenvalue weighted by atomic mass is 19.4. The fourth-order valence-corrected chi connectivity index (χ4v) is 2.65. The number of aliphatic hydroxyl groups is 2. The van der Waals surface area contributed by atoms with Gasteiger partial charge in [-0.05, 0) is 29.8 Å². The number of fused-ring (bicyclic) bond motifs is 1. The van der Waals surface area contributed by atoms with E-state index in [1.165, 1.54) is 12.1 Å². The molecule has 0 amide bonds. The summed E-state index contributed by atoms with van der Waals surface area (Å²) < 4.78 is 40.0. The second-order valence-electron chi connectivity index (χ2n) is 5.42. The van der Waals surface area contributed by atoms with E-state index in [1.807, 2.05) is 0 Å². The van der Waals surface area contributed by atoms with Crippen molar-refractivity contribution in [1.82, 2.24) is 9.55 Å². The first-order chi connectivity index (χ1) is 11.4. The Kier molecular flexibility index (Phi) is 4.29. The van der Waals surface area contributed by atoms with Crippen molar-refractivity contribution in [3.05, 3.63) is 65.5 Å². The van der Waals surface area contributed by atoms with Crippen LogP contribution in [-0.4, -0.2) is 19.8 Å². The van der Waals surface area contributed by atoms with Crippen LogP contribution >= 0.6 is 0 Å². The maximum Gasteiger partial charge on any atom is 0.416 e. The van der Waals surface area contributed by atoms with E-state index in [0.717, 1.165) is 12.1 Å². The molecule has 0 radical (unpaired) electrons. The van der Waals surface area contributed by atoms with Gasteiger partial charge in [-0.15, -0.1) is 0 Å². The van der Waals surface area contributed by atoms with Gasteiger partial charge < -0.3 is 14.8 Å². The lowest BCUT2D eigenvalue weighted by Gasteiger charge is -2.16. The number of aliphatic hydroxyl groups excluding tert-OH is 2.